The Morgan fingerprint density at radius 3 is 1.46 bits per heavy atom. The van der Waals surface area contributed by atoms with Crippen LogP contribution in [-0.2, 0) is 9.53 Å². The standard InChI is InChI=1S/C33H44O2/c1-27(2)15-11-18-30(5)21-13-23-31(6)22-12-19-28(3)16-9-10-17-29(4)20-14-24-32(7)25-26-33(34)35-8/h9-10,12-17,19-26H,11,18H2,1-8H3/b10-9+,19-12+,20-14+,23-13-,26-25+,28-16+,29-17+,30-21+,31-22-,32-24-. The lowest BCUT2D eigenvalue weighted by Gasteiger charge is -1.96. The van der Waals surface area contributed by atoms with Crippen molar-refractivity contribution < 1.29 is 9.53 Å². The van der Waals surface area contributed by atoms with E-state index in [0.29, 0.717) is 0 Å². The lowest BCUT2D eigenvalue weighted by atomic mass is 10.1. The maximum absolute atomic E-state index is 11.1. The SMILES string of the molecule is COC(=O)/C=C/C(C)=C\C=C\C(C)=C\C=C\C=C(C)\C=C\C=C(C)/C=C\C=C(/C)CCC=C(C)C. The van der Waals surface area contributed by atoms with Gasteiger partial charge in [0.15, 0.2) is 0 Å². The summed E-state index contributed by atoms with van der Waals surface area (Å²) in [5, 5.41) is 0. The number of ether oxygens (including phenoxy) is 1. The third-order valence-electron chi connectivity index (χ3n) is 4.78. The first-order valence-corrected chi connectivity index (χ1v) is 12.1. The molecule has 0 saturated carbocycles. The summed E-state index contributed by atoms with van der Waals surface area (Å²) in [6.07, 6.45) is 34.6. The van der Waals surface area contributed by atoms with E-state index in [1.165, 1.54) is 35.5 Å². The van der Waals surface area contributed by atoms with Crippen LogP contribution in [0.1, 0.15) is 61.3 Å². The molecule has 0 bridgehead atoms. The lowest BCUT2D eigenvalue weighted by Crippen LogP contribution is -1.93. The zero-order valence-electron chi connectivity index (χ0n) is 23.0. The van der Waals surface area contributed by atoms with Crippen LogP contribution in [0, 0.1) is 0 Å². The Kier molecular flexibility index (Phi) is 18.1. The molecule has 0 unspecified atom stereocenters. The van der Waals surface area contributed by atoms with E-state index in [1.54, 1.807) is 6.08 Å². The molecule has 0 rings (SSSR count). The maximum Gasteiger partial charge on any atom is 0.330 e. The van der Waals surface area contributed by atoms with Crippen molar-refractivity contribution in [2.75, 3.05) is 7.11 Å². The molecule has 0 fully saturated rings. The van der Waals surface area contributed by atoms with Gasteiger partial charge in [0.1, 0.15) is 0 Å². The van der Waals surface area contributed by atoms with Crippen LogP contribution in [0.5, 0.6) is 0 Å². The van der Waals surface area contributed by atoms with Crippen LogP contribution >= 0.6 is 0 Å². The Hall–Kier alpha value is -3.39. The Morgan fingerprint density at radius 2 is 1.00 bits per heavy atom. The largest absolute Gasteiger partial charge is 0.466 e. The molecule has 188 valence electrons. The van der Waals surface area contributed by atoms with Gasteiger partial charge in [0.2, 0.25) is 0 Å². The summed E-state index contributed by atoms with van der Waals surface area (Å²) in [5.41, 5.74) is 7.28. The monoisotopic (exact) mass is 472 g/mol. The average Bonchev–Trinajstić information content (AvgIpc) is 2.80. The van der Waals surface area contributed by atoms with E-state index in [0.717, 1.165) is 24.0 Å². The average molecular weight is 473 g/mol. The second kappa shape index (κ2) is 20.0. The molecule has 0 aromatic rings. The molecule has 0 saturated heterocycles. The highest BCUT2D eigenvalue weighted by molar-refractivity contribution is 5.82. The highest BCUT2D eigenvalue weighted by Gasteiger charge is 1.89. The first-order valence-electron chi connectivity index (χ1n) is 12.1. The van der Waals surface area contributed by atoms with Crippen molar-refractivity contribution in [2.45, 2.75) is 61.3 Å². The van der Waals surface area contributed by atoms with E-state index in [2.05, 4.69) is 94.0 Å². The summed E-state index contributed by atoms with van der Waals surface area (Å²) in [6.45, 7) is 14.6. The molecule has 0 spiro atoms. The molecule has 2 nitrogen and oxygen atoms in total. The van der Waals surface area contributed by atoms with Gasteiger partial charge >= 0.3 is 5.97 Å². The molecule has 0 N–H and O–H groups in total. The number of allylic oxidation sites excluding steroid dienone is 21. The van der Waals surface area contributed by atoms with Crippen LogP contribution in [0.15, 0.2) is 131 Å². The number of hydrogen-bond donors (Lipinski definition) is 0. The van der Waals surface area contributed by atoms with Crippen molar-refractivity contribution in [1.82, 2.24) is 0 Å². The fourth-order valence-corrected chi connectivity index (χ4v) is 2.64. The summed E-state index contributed by atoms with van der Waals surface area (Å²) in [5.74, 6) is -0.353. The van der Waals surface area contributed by atoms with Crippen molar-refractivity contribution in [1.29, 1.82) is 0 Å². The molecule has 0 aromatic carbocycles. The van der Waals surface area contributed by atoms with Crippen molar-refractivity contribution in [3.05, 3.63) is 131 Å². The number of carbonyl (C=O) groups excluding carboxylic acids is 1. The van der Waals surface area contributed by atoms with E-state index in [-0.39, 0.29) is 5.97 Å². The summed E-state index contributed by atoms with van der Waals surface area (Å²) in [4.78, 5) is 11.1. The van der Waals surface area contributed by atoms with Gasteiger partial charge < -0.3 is 4.74 Å². The molecule has 35 heavy (non-hydrogen) atoms. The topological polar surface area (TPSA) is 26.3 Å². The predicted octanol–water partition coefficient (Wildman–Crippen LogP) is 9.42. The maximum atomic E-state index is 11.1. The molecule has 0 aliphatic heterocycles. The van der Waals surface area contributed by atoms with Crippen LogP contribution in [0.3, 0.4) is 0 Å². The number of carbonyl (C=O) groups is 1. The Bertz CT molecular complexity index is 990. The van der Waals surface area contributed by atoms with Gasteiger partial charge in [0.25, 0.3) is 0 Å². The summed E-state index contributed by atoms with van der Waals surface area (Å²) >= 11 is 0. The molecule has 0 atom stereocenters. The second-order valence-corrected chi connectivity index (χ2v) is 8.79. The molecule has 0 aliphatic rings. The zero-order valence-corrected chi connectivity index (χ0v) is 23.0. The Labute approximate surface area is 214 Å². The van der Waals surface area contributed by atoms with Gasteiger partial charge in [-0.2, -0.15) is 0 Å². The Morgan fingerprint density at radius 1 is 0.571 bits per heavy atom. The summed E-state index contributed by atoms with van der Waals surface area (Å²) in [7, 11) is 1.37. The van der Waals surface area contributed by atoms with E-state index in [9.17, 15) is 4.79 Å². The van der Waals surface area contributed by atoms with Crippen LogP contribution in [0.2, 0.25) is 0 Å². The summed E-state index contributed by atoms with van der Waals surface area (Å²) < 4.78 is 4.58. The van der Waals surface area contributed by atoms with Gasteiger partial charge in [-0.3, -0.25) is 0 Å². The Balaban J connectivity index is 4.68. The van der Waals surface area contributed by atoms with Gasteiger partial charge in [-0.1, -0.05) is 125 Å². The molecular weight excluding hydrogens is 428 g/mol. The third-order valence-corrected chi connectivity index (χ3v) is 4.78. The molecule has 0 amide bonds. The summed E-state index contributed by atoms with van der Waals surface area (Å²) in [6, 6.07) is 0. The highest BCUT2D eigenvalue weighted by atomic mass is 16.5. The number of hydrogen-bond acceptors (Lipinski definition) is 2. The van der Waals surface area contributed by atoms with Crippen molar-refractivity contribution in [2.24, 2.45) is 0 Å². The second-order valence-electron chi connectivity index (χ2n) is 8.79. The molecule has 0 aromatic heterocycles. The van der Waals surface area contributed by atoms with Crippen LogP contribution in [0.25, 0.3) is 0 Å². The first kappa shape index (κ1) is 31.6. The van der Waals surface area contributed by atoms with E-state index in [1.807, 2.05) is 44.2 Å². The van der Waals surface area contributed by atoms with Crippen LogP contribution in [-0.4, -0.2) is 13.1 Å². The van der Waals surface area contributed by atoms with Crippen LogP contribution in [0.4, 0.5) is 0 Å². The molecule has 2 heteroatoms. The predicted molar refractivity (Wildman–Crippen MR) is 155 cm³/mol. The molecule has 0 aliphatic carbocycles. The van der Waals surface area contributed by atoms with Gasteiger partial charge in [-0.15, -0.1) is 0 Å². The van der Waals surface area contributed by atoms with Crippen LogP contribution < -0.4 is 0 Å². The minimum Gasteiger partial charge on any atom is -0.466 e. The number of esters is 1. The van der Waals surface area contributed by atoms with Crippen molar-refractivity contribution in [3.63, 3.8) is 0 Å². The first-order chi connectivity index (χ1) is 16.6. The molecule has 0 heterocycles. The number of methoxy groups -OCH3 is 1. The minimum atomic E-state index is -0.353. The number of rotatable bonds is 13. The quantitative estimate of drug-likeness (QED) is 0.115. The zero-order chi connectivity index (χ0) is 26.5. The van der Waals surface area contributed by atoms with Gasteiger partial charge in [0, 0.05) is 6.08 Å². The normalized spacial score (nSPS) is 14.9. The fraction of sp³-hybridized carbons (Fsp3) is 0.303. The van der Waals surface area contributed by atoms with Gasteiger partial charge in [-0.05, 0) is 61.3 Å². The fourth-order valence-electron chi connectivity index (χ4n) is 2.64. The lowest BCUT2D eigenvalue weighted by molar-refractivity contribution is -0.134. The molecule has 0 radical (unpaired) electrons. The molecular formula is C33H44O2. The van der Waals surface area contributed by atoms with E-state index >= 15 is 0 Å². The minimum absolute atomic E-state index is 0.353. The van der Waals surface area contributed by atoms with E-state index in [4.69, 9.17) is 0 Å². The highest BCUT2D eigenvalue weighted by Crippen LogP contribution is 2.08. The van der Waals surface area contributed by atoms with Crippen molar-refractivity contribution in [3.8, 4) is 0 Å². The van der Waals surface area contributed by atoms with Crippen molar-refractivity contribution >= 4 is 5.97 Å². The van der Waals surface area contributed by atoms with Gasteiger partial charge in [0.05, 0.1) is 7.11 Å². The third kappa shape index (κ3) is 20.9. The smallest absolute Gasteiger partial charge is 0.330 e. The van der Waals surface area contributed by atoms with Gasteiger partial charge in [-0.25, -0.2) is 4.79 Å². The van der Waals surface area contributed by atoms with E-state index < -0.39 is 0 Å².